The Morgan fingerprint density at radius 2 is 1.51 bits per heavy atom. The van der Waals surface area contributed by atoms with Gasteiger partial charge in [0.15, 0.2) is 0 Å². The highest BCUT2D eigenvalue weighted by Crippen LogP contribution is 2.28. The second-order valence-corrected chi connectivity index (χ2v) is 8.60. The number of amides is 1. The van der Waals surface area contributed by atoms with Gasteiger partial charge in [0.2, 0.25) is 11.9 Å². The first kappa shape index (κ1) is 22.7. The lowest BCUT2D eigenvalue weighted by Gasteiger charge is -2.38. The molecule has 2 aliphatic heterocycles. The van der Waals surface area contributed by atoms with Crippen LogP contribution in [-0.2, 0) is 4.79 Å². The van der Waals surface area contributed by atoms with Crippen LogP contribution >= 0.6 is 0 Å². The third-order valence-electron chi connectivity index (χ3n) is 6.52. The van der Waals surface area contributed by atoms with E-state index < -0.39 is 0 Å². The van der Waals surface area contributed by atoms with Crippen molar-refractivity contribution in [1.82, 2.24) is 30.0 Å². The van der Waals surface area contributed by atoms with Gasteiger partial charge in [-0.15, -0.1) is 0 Å². The fraction of sp³-hybridized carbons (Fsp3) is 0.391. The van der Waals surface area contributed by atoms with Gasteiger partial charge in [-0.2, -0.15) is 4.68 Å². The molecule has 182 valence electrons. The minimum atomic E-state index is -0.356. The zero-order chi connectivity index (χ0) is 24.2. The van der Waals surface area contributed by atoms with Crippen molar-refractivity contribution in [2.24, 2.45) is 0 Å². The largest absolute Gasteiger partial charge is 0.362 e. The van der Waals surface area contributed by atoms with Crippen molar-refractivity contribution in [3.8, 4) is 5.69 Å². The SMILES string of the molecule is O=C(CN1CCN(c2nnnn2-c2ccccc2)CC1)N1CCN(c2ccccc2[N+](=O)[O-])CC1. The number of nitro groups is 1. The van der Waals surface area contributed by atoms with Crippen LogP contribution in [0.4, 0.5) is 17.3 Å². The van der Waals surface area contributed by atoms with Crippen molar-refractivity contribution < 1.29 is 9.72 Å². The molecular weight excluding hydrogens is 450 g/mol. The number of hydrogen-bond donors (Lipinski definition) is 0. The molecule has 1 aromatic heterocycles. The predicted octanol–water partition coefficient (Wildman–Crippen LogP) is 1.04. The van der Waals surface area contributed by atoms with Crippen LogP contribution in [0.15, 0.2) is 54.6 Å². The van der Waals surface area contributed by atoms with Crippen LogP contribution in [0.25, 0.3) is 5.69 Å². The first-order valence-electron chi connectivity index (χ1n) is 11.7. The van der Waals surface area contributed by atoms with Gasteiger partial charge in [0.1, 0.15) is 5.69 Å². The maximum atomic E-state index is 12.9. The van der Waals surface area contributed by atoms with Crippen molar-refractivity contribution in [3.05, 3.63) is 64.7 Å². The number of carbonyl (C=O) groups excluding carboxylic acids is 1. The average Bonchev–Trinajstić information content (AvgIpc) is 3.40. The minimum absolute atomic E-state index is 0.0924. The lowest BCUT2D eigenvalue weighted by molar-refractivity contribution is -0.384. The standard InChI is InChI=1S/C23H27N9O3/c33-22(29-16-14-28(15-17-29)20-8-4-5-9-21(20)32(34)35)18-27-10-12-30(13-11-27)23-24-25-26-31(23)19-6-2-1-3-7-19/h1-9H,10-18H2. The zero-order valence-corrected chi connectivity index (χ0v) is 19.3. The van der Waals surface area contributed by atoms with Crippen LogP contribution in [0.3, 0.4) is 0 Å². The third-order valence-corrected chi connectivity index (χ3v) is 6.52. The molecule has 0 saturated carbocycles. The Kier molecular flexibility index (Phi) is 6.53. The van der Waals surface area contributed by atoms with E-state index in [0.29, 0.717) is 44.4 Å². The van der Waals surface area contributed by atoms with E-state index in [1.54, 1.807) is 22.9 Å². The molecule has 2 saturated heterocycles. The number of tetrazole rings is 1. The summed E-state index contributed by atoms with van der Waals surface area (Å²) in [7, 11) is 0. The number of piperazine rings is 2. The molecule has 12 heteroatoms. The summed E-state index contributed by atoms with van der Waals surface area (Å²) in [6, 6.07) is 16.5. The van der Waals surface area contributed by atoms with E-state index in [1.165, 1.54) is 6.07 Å². The Balaban J connectivity index is 1.12. The summed E-state index contributed by atoms with van der Waals surface area (Å²) in [6.07, 6.45) is 0. The van der Waals surface area contributed by atoms with Crippen molar-refractivity contribution in [3.63, 3.8) is 0 Å². The highest BCUT2D eigenvalue weighted by Gasteiger charge is 2.28. The van der Waals surface area contributed by atoms with E-state index in [0.717, 1.165) is 31.9 Å². The van der Waals surface area contributed by atoms with Crippen LogP contribution in [-0.4, -0.2) is 99.7 Å². The molecule has 0 aliphatic carbocycles. The van der Waals surface area contributed by atoms with Gasteiger partial charge in [-0.05, 0) is 28.6 Å². The van der Waals surface area contributed by atoms with E-state index in [4.69, 9.17) is 0 Å². The number of nitrogens with zero attached hydrogens (tertiary/aromatic N) is 9. The second kappa shape index (κ2) is 10.1. The summed E-state index contributed by atoms with van der Waals surface area (Å²) in [4.78, 5) is 32.1. The number of hydrogen-bond acceptors (Lipinski definition) is 9. The van der Waals surface area contributed by atoms with Crippen LogP contribution in [0, 0.1) is 10.1 Å². The van der Waals surface area contributed by atoms with Gasteiger partial charge in [0.05, 0.1) is 17.2 Å². The second-order valence-electron chi connectivity index (χ2n) is 8.60. The van der Waals surface area contributed by atoms with Crippen LogP contribution in [0.2, 0.25) is 0 Å². The molecule has 12 nitrogen and oxygen atoms in total. The molecule has 0 unspecified atom stereocenters. The van der Waals surface area contributed by atoms with Gasteiger partial charge < -0.3 is 14.7 Å². The van der Waals surface area contributed by atoms with Gasteiger partial charge in [-0.25, -0.2) is 0 Å². The average molecular weight is 478 g/mol. The van der Waals surface area contributed by atoms with Crippen molar-refractivity contribution >= 4 is 23.2 Å². The quantitative estimate of drug-likeness (QED) is 0.379. The summed E-state index contributed by atoms with van der Waals surface area (Å²) in [5.74, 6) is 0.795. The Morgan fingerprint density at radius 1 is 0.857 bits per heavy atom. The fourth-order valence-electron chi connectivity index (χ4n) is 4.60. The highest BCUT2D eigenvalue weighted by atomic mass is 16.6. The molecule has 0 bridgehead atoms. The Labute approximate surface area is 202 Å². The van der Waals surface area contributed by atoms with Gasteiger partial charge >= 0.3 is 0 Å². The third kappa shape index (κ3) is 4.92. The number of para-hydroxylation sites is 3. The normalized spacial score (nSPS) is 17.0. The van der Waals surface area contributed by atoms with E-state index in [2.05, 4.69) is 25.3 Å². The van der Waals surface area contributed by atoms with Gasteiger partial charge in [0.25, 0.3) is 5.69 Å². The molecule has 2 aromatic carbocycles. The molecule has 3 aromatic rings. The summed E-state index contributed by atoms with van der Waals surface area (Å²) >= 11 is 0. The Morgan fingerprint density at radius 3 is 2.23 bits per heavy atom. The van der Waals surface area contributed by atoms with Crippen LogP contribution < -0.4 is 9.80 Å². The lowest BCUT2D eigenvalue weighted by atomic mass is 10.2. The van der Waals surface area contributed by atoms with Gasteiger partial charge in [-0.1, -0.05) is 35.4 Å². The Bertz CT molecular complexity index is 1170. The molecule has 0 radical (unpaired) electrons. The molecule has 5 rings (SSSR count). The first-order chi connectivity index (χ1) is 17.1. The summed E-state index contributed by atoms with van der Waals surface area (Å²) in [5, 5.41) is 23.5. The van der Waals surface area contributed by atoms with Crippen molar-refractivity contribution in [2.75, 3.05) is 68.7 Å². The van der Waals surface area contributed by atoms with Gasteiger partial charge in [0, 0.05) is 58.4 Å². The fourth-order valence-corrected chi connectivity index (χ4v) is 4.60. The van der Waals surface area contributed by atoms with Crippen LogP contribution in [0.1, 0.15) is 0 Å². The smallest absolute Gasteiger partial charge is 0.292 e. The van der Waals surface area contributed by atoms with E-state index in [1.807, 2.05) is 40.1 Å². The molecule has 1 amide bonds. The van der Waals surface area contributed by atoms with E-state index in [-0.39, 0.29) is 16.5 Å². The zero-order valence-electron chi connectivity index (χ0n) is 19.3. The predicted molar refractivity (Wildman–Crippen MR) is 130 cm³/mol. The Hall–Kier alpha value is -4.06. The topological polar surface area (TPSA) is 117 Å². The molecule has 2 fully saturated rings. The summed E-state index contributed by atoms with van der Waals surface area (Å²) in [5.41, 5.74) is 1.62. The number of aromatic nitrogens is 4. The molecule has 2 aliphatic rings. The summed E-state index contributed by atoms with van der Waals surface area (Å²) < 4.78 is 1.73. The van der Waals surface area contributed by atoms with E-state index >= 15 is 0 Å². The monoisotopic (exact) mass is 477 g/mol. The number of nitro benzene ring substituents is 1. The molecule has 0 atom stereocenters. The lowest BCUT2D eigenvalue weighted by Crippen LogP contribution is -2.54. The maximum Gasteiger partial charge on any atom is 0.292 e. The highest BCUT2D eigenvalue weighted by molar-refractivity contribution is 5.78. The number of anilines is 2. The molecule has 0 N–H and O–H groups in total. The molecular formula is C23H27N9O3. The molecule has 35 heavy (non-hydrogen) atoms. The number of carbonyl (C=O) groups is 1. The first-order valence-corrected chi connectivity index (χ1v) is 11.7. The number of rotatable bonds is 6. The van der Waals surface area contributed by atoms with E-state index in [9.17, 15) is 14.9 Å². The minimum Gasteiger partial charge on any atom is -0.362 e. The number of benzene rings is 2. The van der Waals surface area contributed by atoms with Crippen molar-refractivity contribution in [2.45, 2.75) is 0 Å². The van der Waals surface area contributed by atoms with Gasteiger partial charge in [-0.3, -0.25) is 19.8 Å². The molecule has 0 spiro atoms. The maximum absolute atomic E-state index is 12.9. The molecule has 3 heterocycles. The van der Waals surface area contributed by atoms with Crippen molar-refractivity contribution in [1.29, 1.82) is 0 Å². The summed E-state index contributed by atoms with van der Waals surface area (Å²) in [6.45, 7) is 5.56. The van der Waals surface area contributed by atoms with Crippen LogP contribution in [0.5, 0.6) is 0 Å².